The maximum atomic E-state index is 8.90. The van der Waals surface area contributed by atoms with Gasteiger partial charge in [-0.3, -0.25) is 0 Å². The summed E-state index contributed by atoms with van der Waals surface area (Å²) in [6, 6.07) is 0. The SMILES string of the molecule is COC(c1ncc(CO)[nH]1)C(C)(C)C. The third-order valence-corrected chi connectivity index (χ3v) is 2.09. The predicted molar refractivity (Wildman–Crippen MR) is 53.7 cm³/mol. The van der Waals surface area contributed by atoms with Crippen molar-refractivity contribution in [3.63, 3.8) is 0 Å². The Morgan fingerprint density at radius 3 is 2.57 bits per heavy atom. The van der Waals surface area contributed by atoms with Crippen LogP contribution < -0.4 is 0 Å². The molecule has 0 fully saturated rings. The fourth-order valence-electron chi connectivity index (χ4n) is 1.47. The predicted octanol–water partition coefficient (Wildman–Crippen LogP) is 1.64. The lowest BCUT2D eigenvalue weighted by Crippen LogP contribution is -2.21. The Balaban J connectivity index is 2.90. The van der Waals surface area contributed by atoms with Gasteiger partial charge in [0.05, 0.1) is 18.5 Å². The Bertz CT molecular complexity index is 289. The summed E-state index contributed by atoms with van der Waals surface area (Å²) in [4.78, 5) is 7.22. The van der Waals surface area contributed by atoms with Crippen molar-refractivity contribution in [2.75, 3.05) is 7.11 Å². The van der Waals surface area contributed by atoms with Gasteiger partial charge in [0.1, 0.15) is 11.9 Å². The molecule has 0 aliphatic rings. The molecule has 14 heavy (non-hydrogen) atoms. The zero-order valence-corrected chi connectivity index (χ0v) is 9.16. The molecule has 2 N–H and O–H groups in total. The van der Waals surface area contributed by atoms with Gasteiger partial charge < -0.3 is 14.8 Å². The molecule has 1 aromatic heterocycles. The monoisotopic (exact) mass is 198 g/mol. The number of imidazole rings is 1. The van der Waals surface area contributed by atoms with Gasteiger partial charge in [-0.1, -0.05) is 20.8 Å². The summed E-state index contributed by atoms with van der Waals surface area (Å²) in [5.74, 6) is 0.768. The Morgan fingerprint density at radius 2 is 2.21 bits per heavy atom. The van der Waals surface area contributed by atoms with Crippen LogP contribution in [0.3, 0.4) is 0 Å². The number of aromatic amines is 1. The van der Waals surface area contributed by atoms with Gasteiger partial charge in [0.2, 0.25) is 0 Å². The molecule has 0 aliphatic heterocycles. The minimum atomic E-state index is -0.0807. The molecular formula is C10H18N2O2. The van der Waals surface area contributed by atoms with Crippen molar-refractivity contribution in [1.29, 1.82) is 0 Å². The molecule has 1 unspecified atom stereocenters. The first kappa shape index (κ1) is 11.2. The summed E-state index contributed by atoms with van der Waals surface area (Å²) < 4.78 is 5.38. The van der Waals surface area contributed by atoms with Crippen LogP contribution in [0.15, 0.2) is 6.20 Å². The number of hydrogen-bond acceptors (Lipinski definition) is 3. The highest BCUT2D eigenvalue weighted by Gasteiger charge is 2.28. The van der Waals surface area contributed by atoms with Crippen molar-refractivity contribution in [3.8, 4) is 0 Å². The maximum Gasteiger partial charge on any atom is 0.136 e. The third kappa shape index (κ3) is 2.33. The molecule has 0 saturated heterocycles. The smallest absolute Gasteiger partial charge is 0.136 e. The Morgan fingerprint density at radius 1 is 1.57 bits per heavy atom. The fourth-order valence-corrected chi connectivity index (χ4v) is 1.47. The second-order valence-electron chi connectivity index (χ2n) is 4.43. The number of H-pyrrole nitrogens is 1. The van der Waals surface area contributed by atoms with Crippen molar-refractivity contribution < 1.29 is 9.84 Å². The average molecular weight is 198 g/mol. The van der Waals surface area contributed by atoms with Gasteiger partial charge in [-0.25, -0.2) is 4.98 Å². The molecule has 0 spiro atoms. The molecule has 1 rings (SSSR count). The van der Waals surface area contributed by atoms with Crippen LogP contribution >= 0.6 is 0 Å². The van der Waals surface area contributed by atoms with E-state index in [-0.39, 0.29) is 18.1 Å². The molecule has 1 aromatic rings. The van der Waals surface area contributed by atoms with Gasteiger partial charge in [0, 0.05) is 7.11 Å². The van der Waals surface area contributed by atoms with E-state index < -0.39 is 0 Å². The summed E-state index contributed by atoms with van der Waals surface area (Å²) in [5, 5.41) is 8.90. The van der Waals surface area contributed by atoms with E-state index in [2.05, 4.69) is 30.7 Å². The minimum Gasteiger partial charge on any atom is -0.390 e. The Labute approximate surface area is 84.3 Å². The Kier molecular flexibility index (Phi) is 3.29. The second-order valence-corrected chi connectivity index (χ2v) is 4.43. The van der Waals surface area contributed by atoms with Gasteiger partial charge >= 0.3 is 0 Å². The molecule has 0 aromatic carbocycles. The van der Waals surface area contributed by atoms with E-state index in [1.165, 1.54) is 0 Å². The minimum absolute atomic E-state index is 0.0146. The number of nitrogens with zero attached hydrogens (tertiary/aromatic N) is 1. The largest absolute Gasteiger partial charge is 0.390 e. The molecule has 4 nitrogen and oxygen atoms in total. The molecule has 0 radical (unpaired) electrons. The topological polar surface area (TPSA) is 58.1 Å². The van der Waals surface area contributed by atoms with Crippen molar-refractivity contribution in [1.82, 2.24) is 9.97 Å². The summed E-state index contributed by atoms with van der Waals surface area (Å²) in [7, 11) is 1.66. The second kappa shape index (κ2) is 4.11. The molecule has 0 amide bonds. The number of ether oxygens (including phenoxy) is 1. The number of aliphatic hydroxyl groups is 1. The van der Waals surface area contributed by atoms with E-state index in [0.717, 1.165) is 5.82 Å². The van der Waals surface area contributed by atoms with Crippen molar-refractivity contribution in [2.24, 2.45) is 5.41 Å². The van der Waals surface area contributed by atoms with Crippen LogP contribution in [-0.2, 0) is 11.3 Å². The lowest BCUT2D eigenvalue weighted by Gasteiger charge is -2.27. The van der Waals surface area contributed by atoms with E-state index >= 15 is 0 Å². The number of aromatic nitrogens is 2. The number of aliphatic hydroxyl groups excluding tert-OH is 1. The van der Waals surface area contributed by atoms with Crippen molar-refractivity contribution >= 4 is 0 Å². The van der Waals surface area contributed by atoms with Gasteiger partial charge in [-0.2, -0.15) is 0 Å². The van der Waals surface area contributed by atoms with Gasteiger partial charge in [0.25, 0.3) is 0 Å². The average Bonchev–Trinajstić information content (AvgIpc) is 2.51. The first-order valence-electron chi connectivity index (χ1n) is 4.66. The number of nitrogens with one attached hydrogen (secondary N) is 1. The molecule has 1 atom stereocenters. The van der Waals surface area contributed by atoms with Crippen LogP contribution in [0.1, 0.15) is 38.4 Å². The lowest BCUT2D eigenvalue weighted by atomic mass is 9.88. The molecule has 0 saturated carbocycles. The van der Waals surface area contributed by atoms with Crippen LogP contribution in [0.2, 0.25) is 0 Å². The number of rotatable bonds is 3. The van der Waals surface area contributed by atoms with E-state index in [4.69, 9.17) is 9.84 Å². The van der Waals surface area contributed by atoms with Gasteiger partial charge in [-0.15, -0.1) is 0 Å². The first-order valence-corrected chi connectivity index (χ1v) is 4.66. The maximum absolute atomic E-state index is 8.90. The molecule has 1 heterocycles. The number of hydrogen-bond donors (Lipinski definition) is 2. The molecule has 80 valence electrons. The van der Waals surface area contributed by atoms with Crippen molar-refractivity contribution in [3.05, 3.63) is 17.7 Å². The first-order chi connectivity index (χ1) is 6.49. The molecular weight excluding hydrogens is 180 g/mol. The zero-order chi connectivity index (χ0) is 10.8. The standard InChI is InChI=1S/C10H18N2O2/c1-10(2,3)8(14-4)9-11-5-7(6-13)12-9/h5,8,13H,6H2,1-4H3,(H,11,12). The van der Waals surface area contributed by atoms with Crippen LogP contribution in [0, 0.1) is 5.41 Å². The highest BCUT2D eigenvalue weighted by atomic mass is 16.5. The highest BCUT2D eigenvalue weighted by molar-refractivity contribution is 5.04. The molecule has 4 heteroatoms. The van der Waals surface area contributed by atoms with Crippen molar-refractivity contribution in [2.45, 2.75) is 33.5 Å². The normalized spacial score (nSPS) is 14.4. The molecule has 0 bridgehead atoms. The number of methoxy groups -OCH3 is 1. The summed E-state index contributed by atoms with van der Waals surface area (Å²) in [5.41, 5.74) is 0.700. The van der Waals surface area contributed by atoms with E-state index in [1.807, 2.05) is 0 Å². The van der Waals surface area contributed by atoms with Gasteiger partial charge in [0.15, 0.2) is 0 Å². The van der Waals surface area contributed by atoms with Crippen LogP contribution in [0.25, 0.3) is 0 Å². The van der Waals surface area contributed by atoms with Gasteiger partial charge in [-0.05, 0) is 5.41 Å². The zero-order valence-electron chi connectivity index (χ0n) is 9.16. The Hall–Kier alpha value is -0.870. The summed E-state index contributed by atoms with van der Waals surface area (Å²) in [6.45, 7) is 6.24. The quantitative estimate of drug-likeness (QED) is 0.776. The van der Waals surface area contributed by atoms with E-state index in [9.17, 15) is 0 Å². The van der Waals surface area contributed by atoms with Crippen LogP contribution in [0.5, 0.6) is 0 Å². The summed E-state index contributed by atoms with van der Waals surface area (Å²) in [6.07, 6.45) is 1.55. The van der Waals surface area contributed by atoms with Crippen LogP contribution in [0.4, 0.5) is 0 Å². The lowest BCUT2D eigenvalue weighted by molar-refractivity contribution is 0.00912. The fraction of sp³-hybridized carbons (Fsp3) is 0.700. The van der Waals surface area contributed by atoms with Crippen LogP contribution in [-0.4, -0.2) is 22.2 Å². The summed E-state index contributed by atoms with van der Waals surface area (Å²) >= 11 is 0. The third-order valence-electron chi connectivity index (χ3n) is 2.09. The highest BCUT2D eigenvalue weighted by Crippen LogP contribution is 2.33. The molecule has 0 aliphatic carbocycles. The van der Waals surface area contributed by atoms with E-state index in [0.29, 0.717) is 5.69 Å². The van der Waals surface area contributed by atoms with E-state index in [1.54, 1.807) is 13.3 Å².